The van der Waals surface area contributed by atoms with E-state index in [1.807, 2.05) is 12.1 Å². The second-order valence-corrected chi connectivity index (χ2v) is 3.92. The van der Waals surface area contributed by atoms with Gasteiger partial charge in [-0.15, -0.1) is 0 Å². The van der Waals surface area contributed by atoms with Gasteiger partial charge in [0.25, 0.3) is 0 Å². The summed E-state index contributed by atoms with van der Waals surface area (Å²) in [5, 5.41) is 21.0. The minimum atomic E-state index is 0.253. The average molecular weight is 239 g/mol. The molecule has 0 heterocycles. The highest BCUT2D eigenvalue weighted by Gasteiger charge is 2.00. The summed E-state index contributed by atoms with van der Waals surface area (Å²) in [5.41, 5.74) is 1.42. The molecule has 0 saturated heterocycles. The highest BCUT2D eigenvalue weighted by atomic mass is 35.5. The predicted molar refractivity (Wildman–Crippen MR) is 65.6 cm³/mol. The molecule has 0 radical (unpaired) electrons. The maximum atomic E-state index is 8.70. The number of nitrogens with one attached hydrogen (secondary N) is 1. The van der Waals surface area contributed by atoms with Crippen LogP contribution in [0.3, 0.4) is 0 Å². The summed E-state index contributed by atoms with van der Waals surface area (Å²) in [4.78, 5) is 0. The van der Waals surface area contributed by atoms with Crippen LogP contribution in [0.5, 0.6) is 0 Å². The van der Waals surface area contributed by atoms with Gasteiger partial charge in [-0.05, 0) is 37.5 Å². The van der Waals surface area contributed by atoms with Crippen LogP contribution in [0, 0.1) is 11.3 Å². The zero-order chi connectivity index (χ0) is 11.8. The normalized spacial score (nSPS) is 9.81. The number of hydrogen-bond donors (Lipinski definition) is 2. The fourth-order valence-electron chi connectivity index (χ4n) is 1.36. The standard InChI is InChI=1S/C12H15ClN2O/c13-12-8-11(5-4-10(12)9-14)15-6-2-1-3-7-16/h4-5,8,15-16H,1-3,6-7H2. The third-order valence-electron chi connectivity index (χ3n) is 2.25. The van der Waals surface area contributed by atoms with Crippen LogP contribution in [0.25, 0.3) is 0 Å². The van der Waals surface area contributed by atoms with Crippen LogP contribution in [-0.4, -0.2) is 18.3 Å². The first kappa shape index (κ1) is 12.8. The molecule has 1 aromatic carbocycles. The van der Waals surface area contributed by atoms with Gasteiger partial charge in [-0.25, -0.2) is 0 Å². The van der Waals surface area contributed by atoms with Crippen molar-refractivity contribution in [1.82, 2.24) is 0 Å². The Bertz CT molecular complexity index is 374. The molecule has 0 aromatic heterocycles. The van der Waals surface area contributed by atoms with E-state index in [1.165, 1.54) is 0 Å². The Morgan fingerprint density at radius 1 is 1.31 bits per heavy atom. The number of benzene rings is 1. The smallest absolute Gasteiger partial charge is 0.101 e. The van der Waals surface area contributed by atoms with Crippen molar-refractivity contribution in [3.63, 3.8) is 0 Å². The van der Waals surface area contributed by atoms with Crippen LogP contribution in [0.15, 0.2) is 18.2 Å². The van der Waals surface area contributed by atoms with Crippen LogP contribution in [0.2, 0.25) is 5.02 Å². The van der Waals surface area contributed by atoms with E-state index < -0.39 is 0 Å². The molecular formula is C12H15ClN2O. The number of aliphatic hydroxyl groups is 1. The first-order chi connectivity index (χ1) is 7.77. The van der Waals surface area contributed by atoms with Crippen LogP contribution in [-0.2, 0) is 0 Å². The summed E-state index contributed by atoms with van der Waals surface area (Å²) >= 11 is 5.90. The lowest BCUT2D eigenvalue weighted by molar-refractivity contribution is 0.283. The maximum Gasteiger partial charge on any atom is 0.101 e. The third kappa shape index (κ3) is 4.09. The number of unbranched alkanes of at least 4 members (excludes halogenated alkanes) is 2. The molecule has 3 nitrogen and oxygen atoms in total. The number of nitrogens with zero attached hydrogens (tertiary/aromatic N) is 1. The van der Waals surface area contributed by atoms with Gasteiger partial charge in [-0.3, -0.25) is 0 Å². The minimum absolute atomic E-state index is 0.253. The molecule has 0 aliphatic rings. The Balaban J connectivity index is 2.38. The summed E-state index contributed by atoms with van der Waals surface area (Å²) in [7, 11) is 0. The van der Waals surface area contributed by atoms with Crippen LogP contribution < -0.4 is 5.32 Å². The number of hydrogen-bond acceptors (Lipinski definition) is 3. The number of nitriles is 1. The quantitative estimate of drug-likeness (QED) is 0.750. The molecule has 0 unspecified atom stereocenters. The summed E-state index contributed by atoms with van der Waals surface area (Å²) in [6.45, 7) is 1.10. The van der Waals surface area contributed by atoms with Crippen molar-refractivity contribution >= 4 is 17.3 Å². The third-order valence-corrected chi connectivity index (χ3v) is 2.57. The maximum absolute atomic E-state index is 8.70. The first-order valence-electron chi connectivity index (χ1n) is 5.32. The second-order valence-electron chi connectivity index (χ2n) is 3.52. The lowest BCUT2D eigenvalue weighted by atomic mass is 10.2. The van der Waals surface area contributed by atoms with Gasteiger partial charge in [0, 0.05) is 18.8 Å². The number of anilines is 1. The van der Waals surface area contributed by atoms with Gasteiger partial charge < -0.3 is 10.4 Å². The highest BCUT2D eigenvalue weighted by molar-refractivity contribution is 6.32. The van der Waals surface area contributed by atoms with E-state index in [0.29, 0.717) is 10.6 Å². The van der Waals surface area contributed by atoms with Gasteiger partial charge >= 0.3 is 0 Å². The van der Waals surface area contributed by atoms with E-state index in [0.717, 1.165) is 31.5 Å². The monoisotopic (exact) mass is 238 g/mol. The van der Waals surface area contributed by atoms with Gasteiger partial charge in [-0.2, -0.15) is 5.26 Å². The largest absolute Gasteiger partial charge is 0.396 e. The minimum Gasteiger partial charge on any atom is -0.396 e. The predicted octanol–water partition coefficient (Wildman–Crippen LogP) is 2.79. The summed E-state index contributed by atoms with van der Waals surface area (Å²) in [6.07, 6.45) is 2.86. The molecule has 4 heteroatoms. The second kappa shape index (κ2) is 7.10. The molecular weight excluding hydrogens is 224 g/mol. The zero-order valence-electron chi connectivity index (χ0n) is 9.04. The fourth-order valence-corrected chi connectivity index (χ4v) is 1.58. The number of rotatable bonds is 6. The lowest BCUT2D eigenvalue weighted by Gasteiger charge is -2.06. The van der Waals surface area contributed by atoms with Crippen molar-refractivity contribution in [2.45, 2.75) is 19.3 Å². The van der Waals surface area contributed by atoms with Gasteiger partial charge in [0.2, 0.25) is 0 Å². The summed E-state index contributed by atoms with van der Waals surface area (Å²) < 4.78 is 0. The highest BCUT2D eigenvalue weighted by Crippen LogP contribution is 2.20. The molecule has 1 aromatic rings. The molecule has 0 spiro atoms. The molecule has 2 N–H and O–H groups in total. The number of halogens is 1. The van der Waals surface area contributed by atoms with Crippen molar-refractivity contribution in [2.24, 2.45) is 0 Å². The van der Waals surface area contributed by atoms with Crippen molar-refractivity contribution in [3.8, 4) is 6.07 Å². The van der Waals surface area contributed by atoms with Crippen LogP contribution in [0.1, 0.15) is 24.8 Å². The van der Waals surface area contributed by atoms with Gasteiger partial charge in [0.15, 0.2) is 0 Å². The number of aliphatic hydroxyl groups excluding tert-OH is 1. The van der Waals surface area contributed by atoms with Crippen LogP contribution in [0.4, 0.5) is 5.69 Å². The van der Waals surface area contributed by atoms with Crippen LogP contribution >= 0.6 is 11.6 Å². The Morgan fingerprint density at radius 3 is 2.75 bits per heavy atom. The van der Waals surface area contributed by atoms with Crippen molar-refractivity contribution < 1.29 is 5.11 Å². The molecule has 1 rings (SSSR count). The molecule has 0 fully saturated rings. The Labute approximate surface area is 101 Å². The average Bonchev–Trinajstić information content (AvgIpc) is 2.29. The van der Waals surface area contributed by atoms with Crippen molar-refractivity contribution in [3.05, 3.63) is 28.8 Å². The van der Waals surface area contributed by atoms with E-state index in [2.05, 4.69) is 5.32 Å². The van der Waals surface area contributed by atoms with Crippen molar-refractivity contribution in [1.29, 1.82) is 5.26 Å². The molecule has 0 amide bonds. The van der Waals surface area contributed by atoms with E-state index in [-0.39, 0.29) is 6.61 Å². The zero-order valence-corrected chi connectivity index (χ0v) is 9.80. The van der Waals surface area contributed by atoms with E-state index in [1.54, 1.807) is 12.1 Å². The molecule has 86 valence electrons. The van der Waals surface area contributed by atoms with Gasteiger partial charge in [-0.1, -0.05) is 11.6 Å². The molecule has 0 bridgehead atoms. The Hall–Kier alpha value is -1.24. The summed E-state index contributed by atoms with van der Waals surface area (Å²) in [6, 6.07) is 7.33. The topological polar surface area (TPSA) is 56.0 Å². The molecule has 16 heavy (non-hydrogen) atoms. The van der Waals surface area contributed by atoms with E-state index in [4.69, 9.17) is 22.0 Å². The molecule has 0 aliphatic heterocycles. The Morgan fingerprint density at radius 2 is 2.12 bits per heavy atom. The summed E-state index contributed by atoms with van der Waals surface area (Å²) in [5.74, 6) is 0. The van der Waals surface area contributed by atoms with Crippen molar-refractivity contribution in [2.75, 3.05) is 18.5 Å². The van der Waals surface area contributed by atoms with Gasteiger partial charge in [0.1, 0.15) is 6.07 Å². The van der Waals surface area contributed by atoms with E-state index in [9.17, 15) is 0 Å². The van der Waals surface area contributed by atoms with Gasteiger partial charge in [0.05, 0.1) is 10.6 Å². The molecule has 0 saturated carbocycles. The molecule has 0 aliphatic carbocycles. The first-order valence-corrected chi connectivity index (χ1v) is 5.70. The Kier molecular flexibility index (Phi) is 5.69. The van der Waals surface area contributed by atoms with E-state index >= 15 is 0 Å². The SMILES string of the molecule is N#Cc1ccc(NCCCCCO)cc1Cl. The molecule has 0 atom stereocenters. The fraction of sp³-hybridized carbons (Fsp3) is 0.417. The lowest BCUT2D eigenvalue weighted by Crippen LogP contribution is -2.01.